The van der Waals surface area contributed by atoms with Crippen molar-refractivity contribution in [2.45, 2.75) is 44.6 Å². The standard InChI is InChI=1S/C17H25NO3/c19-16-10-5-4-7-14(16)13-18-17(20)11-6-12-21-15-8-2-1-3-9-15/h1-3,8-9,14,16,19H,4-7,10-13H2,(H,18,20). The van der Waals surface area contributed by atoms with Gasteiger partial charge in [-0.15, -0.1) is 0 Å². The van der Waals surface area contributed by atoms with Crippen LogP contribution in [0.3, 0.4) is 0 Å². The first-order valence-electron chi connectivity index (χ1n) is 7.88. The molecule has 2 N–H and O–H groups in total. The Kier molecular flexibility index (Phi) is 6.54. The molecule has 0 radical (unpaired) electrons. The summed E-state index contributed by atoms with van der Waals surface area (Å²) in [4.78, 5) is 11.8. The van der Waals surface area contributed by atoms with Crippen molar-refractivity contribution in [2.24, 2.45) is 5.92 Å². The number of rotatable bonds is 7. The van der Waals surface area contributed by atoms with E-state index in [-0.39, 0.29) is 17.9 Å². The van der Waals surface area contributed by atoms with Crippen LogP contribution in [0.15, 0.2) is 30.3 Å². The minimum Gasteiger partial charge on any atom is -0.494 e. The maximum atomic E-state index is 11.8. The largest absolute Gasteiger partial charge is 0.494 e. The van der Waals surface area contributed by atoms with E-state index in [4.69, 9.17) is 4.74 Å². The lowest BCUT2D eigenvalue weighted by atomic mass is 9.86. The molecule has 1 fully saturated rings. The van der Waals surface area contributed by atoms with Crippen molar-refractivity contribution < 1.29 is 14.6 Å². The molecule has 2 rings (SSSR count). The van der Waals surface area contributed by atoms with Gasteiger partial charge in [0.2, 0.25) is 5.91 Å². The lowest BCUT2D eigenvalue weighted by Crippen LogP contribution is -2.36. The van der Waals surface area contributed by atoms with Crippen molar-refractivity contribution >= 4 is 5.91 Å². The maximum absolute atomic E-state index is 11.8. The van der Waals surface area contributed by atoms with Gasteiger partial charge in [-0.05, 0) is 31.4 Å². The number of hydrogen-bond donors (Lipinski definition) is 2. The number of para-hydroxylation sites is 1. The number of hydrogen-bond acceptors (Lipinski definition) is 3. The summed E-state index contributed by atoms with van der Waals surface area (Å²) < 4.78 is 5.55. The zero-order valence-electron chi connectivity index (χ0n) is 12.5. The molecule has 0 heterocycles. The van der Waals surface area contributed by atoms with Crippen LogP contribution in [0.5, 0.6) is 5.75 Å². The van der Waals surface area contributed by atoms with Gasteiger partial charge in [-0.2, -0.15) is 0 Å². The van der Waals surface area contributed by atoms with Crippen LogP contribution in [0.4, 0.5) is 0 Å². The highest BCUT2D eigenvalue weighted by Crippen LogP contribution is 2.23. The zero-order valence-corrected chi connectivity index (χ0v) is 12.5. The number of ether oxygens (including phenoxy) is 1. The second kappa shape index (κ2) is 8.67. The summed E-state index contributed by atoms with van der Waals surface area (Å²) in [7, 11) is 0. The lowest BCUT2D eigenvalue weighted by Gasteiger charge is -2.27. The molecule has 1 saturated carbocycles. The number of aliphatic hydroxyl groups is 1. The third-order valence-corrected chi connectivity index (χ3v) is 3.99. The minimum atomic E-state index is -0.250. The quantitative estimate of drug-likeness (QED) is 0.759. The van der Waals surface area contributed by atoms with Crippen LogP contribution in [0.1, 0.15) is 38.5 Å². The van der Waals surface area contributed by atoms with Gasteiger partial charge < -0.3 is 15.2 Å². The predicted octanol–water partition coefficient (Wildman–Crippen LogP) is 2.51. The Morgan fingerprint density at radius 2 is 2.00 bits per heavy atom. The minimum absolute atomic E-state index is 0.0458. The number of amides is 1. The maximum Gasteiger partial charge on any atom is 0.220 e. The van der Waals surface area contributed by atoms with Crippen molar-refractivity contribution in [3.05, 3.63) is 30.3 Å². The second-order valence-corrected chi connectivity index (χ2v) is 5.68. The molecule has 2 unspecified atom stereocenters. The smallest absolute Gasteiger partial charge is 0.220 e. The average Bonchev–Trinajstić information content (AvgIpc) is 2.52. The third kappa shape index (κ3) is 5.76. The van der Waals surface area contributed by atoms with Crippen molar-refractivity contribution in [1.82, 2.24) is 5.32 Å². The Hall–Kier alpha value is -1.55. The number of carbonyl (C=O) groups is 1. The highest BCUT2D eigenvalue weighted by molar-refractivity contribution is 5.75. The Morgan fingerprint density at radius 1 is 1.24 bits per heavy atom. The molecule has 1 aliphatic carbocycles. The van der Waals surface area contributed by atoms with E-state index in [0.29, 0.717) is 26.0 Å². The van der Waals surface area contributed by atoms with Crippen LogP contribution >= 0.6 is 0 Å². The third-order valence-electron chi connectivity index (χ3n) is 3.99. The van der Waals surface area contributed by atoms with Crippen molar-refractivity contribution in [1.29, 1.82) is 0 Å². The number of carbonyl (C=O) groups excluding carboxylic acids is 1. The van der Waals surface area contributed by atoms with E-state index in [1.54, 1.807) is 0 Å². The summed E-state index contributed by atoms with van der Waals surface area (Å²) in [5.41, 5.74) is 0. The van der Waals surface area contributed by atoms with Gasteiger partial charge in [-0.1, -0.05) is 31.0 Å². The van der Waals surface area contributed by atoms with E-state index >= 15 is 0 Å². The zero-order chi connectivity index (χ0) is 14.9. The van der Waals surface area contributed by atoms with Crippen LogP contribution in [-0.4, -0.2) is 30.3 Å². The van der Waals surface area contributed by atoms with Crippen LogP contribution in [-0.2, 0) is 4.79 Å². The summed E-state index contributed by atoms with van der Waals surface area (Å²) in [6.45, 7) is 1.14. The highest BCUT2D eigenvalue weighted by Gasteiger charge is 2.23. The van der Waals surface area contributed by atoms with E-state index in [0.717, 1.165) is 31.4 Å². The summed E-state index contributed by atoms with van der Waals surface area (Å²) in [5.74, 6) is 1.11. The second-order valence-electron chi connectivity index (χ2n) is 5.68. The Balaban J connectivity index is 1.55. The van der Waals surface area contributed by atoms with Gasteiger partial charge in [-0.3, -0.25) is 4.79 Å². The lowest BCUT2D eigenvalue weighted by molar-refractivity contribution is -0.121. The van der Waals surface area contributed by atoms with Crippen LogP contribution in [0.2, 0.25) is 0 Å². The van der Waals surface area contributed by atoms with Crippen LogP contribution in [0, 0.1) is 5.92 Å². The number of aliphatic hydroxyl groups excluding tert-OH is 1. The Labute approximate surface area is 126 Å². The first-order chi connectivity index (χ1) is 10.3. The molecule has 1 aromatic rings. The van der Waals surface area contributed by atoms with E-state index in [9.17, 15) is 9.90 Å². The molecule has 1 aliphatic rings. The molecule has 0 bridgehead atoms. The molecule has 4 heteroatoms. The molecule has 1 amide bonds. The number of benzene rings is 1. The normalized spacial score (nSPS) is 21.8. The molecular weight excluding hydrogens is 266 g/mol. The Bertz CT molecular complexity index is 421. The van der Waals surface area contributed by atoms with Gasteiger partial charge >= 0.3 is 0 Å². The van der Waals surface area contributed by atoms with Crippen LogP contribution in [0.25, 0.3) is 0 Å². The van der Waals surface area contributed by atoms with Crippen molar-refractivity contribution in [3.63, 3.8) is 0 Å². The fourth-order valence-corrected chi connectivity index (χ4v) is 2.70. The molecule has 0 spiro atoms. The summed E-state index contributed by atoms with van der Waals surface area (Å²) in [5, 5.41) is 12.8. The van der Waals surface area contributed by atoms with E-state index in [2.05, 4.69) is 5.32 Å². The molecule has 2 atom stereocenters. The number of nitrogens with one attached hydrogen (secondary N) is 1. The van der Waals surface area contributed by atoms with Crippen molar-refractivity contribution in [2.75, 3.05) is 13.2 Å². The molecule has 0 saturated heterocycles. The molecule has 116 valence electrons. The average molecular weight is 291 g/mol. The van der Waals surface area contributed by atoms with Gasteiger partial charge in [-0.25, -0.2) is 0 Å². The molecule has 1 aromatic carbocycles. The van der Waals surface area contributed by atoms with E-state index in [1.807, 2.05) is 30.3 Å². The topological polar surface area (TPSA) is 58.6 Å². The summed E-state index contributed by atoms with van der Waals surface area (Å²) >= 11 is 0. The predicted molar refractivity (Wildman–Crippen MR) is 82.1 cm³/mol. The van der Waals surface area contributed by atoms with Crippen molar-refractivity contribution in [3.8, 4) is 5.75 Å². The first kappa shape index (κ1) is 15.8. The molecular formula is C17H25NO3. The van der Waals surface area contributed by atoms with E-state index < -0.39 is 0 Å². The SMILES string of the molecule is O=C(CCCOc1ccccc1)NCC1CCCCC1O. The molecule has 4 nitrogen and oxygen atoms in total. The molecule has 0 aliphatic heterocycles. The van der Waals surface area contributed by atoms with Gasteiger partial charge in [0.05, 0.1) is 12.7 Å². The Morgan fingerprint density at radius 3 is 2.76 bits per heavy atom. The summed E-state index contributed by atoms with van der Waals surface area (Å²) in [6, 6.07) is 9.62. The molecule has 0 aromatic heterocycles. The van der Waals surface area contributed by atoms with Gasteiger partial charge in [0.1, 0.15) is 5.75 Å². The fourth-order valence-electron chi connectivity index (χ4n) is 2.70. The van der Waals surface area contributed by atoms with E-state index in [1.165, 1.54) is 0 Å². The molecule has 21 heavy (non-hydrogen) atoms. The first-order valence-corrected chi connectivity index (χ1v) is 7.88. The monoisotopic (exact) mass is 291 g/mol. The van der Waals surface area contributed by atoms with Gasteiger partial charge in [0, 0.05) is 18.9 Å². The highest BCUT2D eigenvalue weighted by atomic mass is 16.5. The summed E-state index contributed by atoms with van der Waals surface area (Å²) in [6.07, 6.45) is 5.05. The van der Waals surface area contributed by atoms with Gasteiger partial charge in [0.25, 0.3) is 0 Å². The van der Waals surface area contributed by atoms with Gasteiger partial charge in [0.15, 0.2) is 0 Å². The van der Waals surface area contributed by atoms with Crippen LogP contribution < -0.4 is 10.1 Å². The fraction of sp³-hybridized carbons (Fsp3) is 0.588.